The Morgan fingerprint density at radius 2 is 2.05 bits per heavy atom. The average molecular weight is 290 g/mol. The largest absolute Gasteiger partial charge is 0.496 e. The molecule has 0 amide bonds. The zero-order valence-corrected chi connectivity index (χ0v) is 13.4. The molecule has 2 rings (SSSR count). The van der Waals surface area contributed by atoms with Crippen molar-refractivity contribution in [2.45, 2.75) is 33.2 Å². The second-order valence-electron chi connectivity index (χ2n) is 4.64. The van der Waals surface area contributed by atoms with Crippen molar-refractivity contribution in [3.63, 3.8) is 0 Å². The van der Waals surface area contributed by atoms with Crippen molar-refractivity contribution in [3.05, 3.63) is 45.4 Å². The van der Waals surface area contributed by atoms with E-state index in [9.17, 15) is 0 Å². The number of nitrogens with zero attached hydrogens (tertiary/aromatic N) is 1. The second kappa shape index (κ2) is 6.86. The molecule has 0 aliphatic carbocycles. The number of aryl methyl sites for hydroxylation is 2. The van der Waals surface area contributed by atoms with Crippen molar-refractivity contribution in [3.8, 4) is 5.75 Å². The van der Waals surface area contributed by atoms with E-state index in [2.05, 4.69) is 32.2 Å². The van der Waals surface area contributed by atoms with E-state index >= 15 is 0 Å². The summed E-state index contributed by atoms with van der Waals surface area (Å²) >= 11 is 1.77. The van der Waals surface area contributed by atoms with Crippen LogP contribution in [0.3, 0.4) is 0 Å². The van der Waals surface area contributed by atoms with Gasteiger partial charge in [-0.05, 0) is 26.0 Å². The smallest absolute Gasteiger partial charge is 0.124 e. The molecule has 0 fully saturated rings. The number of ether oxygens (including phenoxy) is 1. The predicted octanol–water partition coefficient (Wildman–Crippen LogP) is 3.72. The van der Waals surface area contributed by atoms with Gasteiger partial charge in [-0.1, -0.05) is 32.0 Å². The molecule has 0 saturated heterocycles. The number of aromatic nitrogens is 1. The number of rotatable bonds is 6. The van der Waals surface area contributed by atoms with E-state index < -0.39 is 0 Å². The maximum atomic E-state index is 5.49. The lowest BCUT2D eigenvalue weighted by Crippen LogP contribution is -2.22. The van der Waals surface area contributed by atoms with E-state index in [1.807, 2.05) is 18.2 Å². The summed E-state index contributed by atoms with van der Waals surface area (Å²) in [5.41, 5.74) is 2.34. The molecule has 20 heavy (non-hydrogen) atoms. The van der Waals surface area contributed by atoms with Gasteiger partial charge >= 0.3 is 0 Å². The van der Waals surface area contributed by atoms with Crippen molar-refractivity contribution in [1.29, 1.82) is 0 Å². The minimum absolute atomic E-state index is 0.0974. The monoisotopic (exact) mass is 290 g/mol. The highest BCUT2D eigenvalue weighted by Crippen LogP contribution is 2.33. The molecule has 0 spiro atoms. The summed E-state index contributed by atoms with van der Waals surface area (Å²) in [6, 6.07) is 8.24. The molecule has 1 unspecified atom stereocenters. The number of para-hydroxylation sites is 1. The van der Waals surface area contributed by atoms with Gasteiger partial charge in [-0.25, -0.2) is 4.98 Å². The molecular weight excluding hydrogens is 268 g/mol. The first-order valence-electron chi connectivity index (χ1n) is 7.03. The van der Waals surface area contributed by atoms with Crippen molar-refractivity contribution < 1.29 is 4.74 Å². The minimum atomic E-state index is 0.0974. The van der Waals surface area contributed by atoms with Gasteiger partial charge in [0.1, 0.15) is 10.8 Å². The molecular formula is C16H22N2OS. The molecule has 0 radical (unpaired) electrons. The Kier molecular flexibility index (Phi) is 5.15. The zero-order valence-electron chi connectivity index (χ0n) is 12.6. The molecule has 0 bridgehead atoms. The Morgan fingerprint density at radius 1 is 1.30 bits per heavy atom. The fourth-order valence-corrected chi connectivity index (χ4v) is 3.45. The minimum Gasteiger partial charge on any atom is -0.496 e. The molecule has 108 valence electrons. The van der Waals surface area contributed by atoms with E-state index in [4.69, 9.17) is 9.72 Å². The molecule has 0 aliphatic heterocycles. The Balaban J connectivity index is 2.44. The second-order valence-corrected chi connectivity index (χ2v) is 5.88. The lowest BCUT2D eigenvalue weighted by atomic mass is 10.1. The third-order valence-electron chi connectivity index (χ3n) is 3.35. The van der Waals surface area contributed by atoms with Crippen LogP contribution in [0.5, 0.6) is 5.75 Å². The van der Waals surface area contributed by atoms with Gasteiger partial charge in [0.2, 0.25) is 0 Å². The highest BCUT2D eigenvalue weighted by atomic mass is 32.1. The predicted molar refractivity (Wildman–Crippen MR) is 84.7 cm³/mol. The zero-order chi connectivity index (χ0) is 14.5. The summed E-state index contributed by atoms with van der Waals surface area (Å²) in [6.07, 6.45) is 0.979. The average Bonchev–Trinajstić information content (AvgIpc) is 2.85. The number of hydrogen-bond acceptors (Lipinski definition) is 4. The Labute approximate surface area is 125 Å². The van der Waals surface area contributed by atoms with Gasteiger partial charge in [0.25, 0.3) is 0 Å². The molecule has 0 aliphatic rings. The van der Waals surface area contributed by atoms with Crippen LogP contribution >= 0.6 is 11.3 Å². The molecule has 2 aromatic rings. The first-order valence-corrected chi connectivity index (χ1v) is 7.85. The van der Waals surface area contributed by atoms with Crippen molar-refractivity contribution in [2.24, 2.45) is 0 Å². The topological polar surface area (TPSA) is 34.2 Å². The maximum Gasteiger partial charge on any atom is 0.124 e. The maximum absolute atomic E-state index is 5.49. The van der Waals surface area contributed by atoms with Crippen LogP contribution in [0.4, 0.5) is 0 Å². The van der Waals surface area contributed by atoms with E-state index in [1.54, 1.807) is 18.4 Å². The standard InChI is InChI=1S/C16H22N2OS/c1-5-13-11(3)20-16(18-13)15(17-6-2)12-9-7-8-10-14(12)19-4/h7-10,15,17H,5-6H2,1-4H3. The summed E-state index contributed by atoms with van der Waals surface area (Å²) in [5.74, 6) is 0.907. The number of methoxy groups -OCH3 is 1. The van der Waals surface area contributed by atoms with Crippen molar-refractivity contribution in [2.75, 3.05) is 13.7 Å². The summed E-state index contributed by atoms with van der Waals surface area (Å²) in [4.78, 5) is 6.11. The van der Waals surface area contributed by atoms with E-state index in [0.717, 1.165) is 29.3 Å². The lowest BCUT2D eigenvalue weighted by Gasteiger charge is -2.18. The molecule has 4 heteroatoms. The summed E-state index contributed by atoms with van der Waals surface area (Å²) in [7, 11) is 1.71. The summed E-state index contributed by atoms with van der Waals surface area (Å²) in [5, 5.41) is 4.64. The van der Waals surface area contributed by atoms with Gasteiger partial charge < -0.3 is 10.1 Å². The fraction of sp³-hybridized carbons (Fsp3) is 0.438. The van der Waals surface area contributed by atoms with E-state index in [-0.39, 0.29) is 6.04 Å². The molecule has 0 saturated carbocycles. The van der Waals surface area contributed by atoms with Crippen LogP contribution in [0, 0.1) is 6.92 Å². The molecule has 1 atom stereocenters. The Hall–Kier alpha value is -1.39. The number of nitrogens with one attached hydrogen (secondary N) is 1. The number of benzene rings is 1. The fourth-order valence-electron chi connectivity index (χ4n) is 2.34. The van der Waals surface area contributed by atoms with Gasteiger partial charge in [0, 0.05) is 10.4 Å². The van der Waals surface area contributed by atoms with Crippen LogP contribution < -0.4 is 10.1 Å². The summed E-state index contributed by atoms with van der Waals surface area (Å²) in [6.45, 7) is 7.30. The van der Waals surface area contributed by atoms with Gasteiger partial charge in [0.15, 0.2) is 0 Å². The molecule has 1 aromatic heterocycles. The van der Waals surface area contributed by atoms with Gasteiger partial charge in [-0.2, -0.15) is 0 Å². The van der Waals surface area contributed by atoms with E-state index in [0.29, 0.717) is 0 Å². The number of thiazole rings is 1. The highest BCUT2D eigenvalue weighted by molar-refractivity contribution is 7.11. The Bertz CT molecular complexity index is 565. The van der Waals surface area contributed by atoms with Crippen LogP contribution in [0.15, 0.2) is 24.3 Å². The van der Waals surface area contributed by atoms with Crippen LogP contribution in [0.1, 0.15) is 41.0 Å². The third-order valence-corrected chi connectivity index (χ3v) is 4.43. The van der Waals surface area contributed by atoms with Crippen LogP contribution in [0.25, 0.3) is 0 Å². The summed E-state index contributed by atoms with van der Waals surface area (Å²) < 4.78 is 5.49. The van der Waals surface area contributed by atoms with Gasteiger partial charge in [-0.15, -0.1) is 11.3 Å². The first-order chi connectivity index (χ1) is 9.71. The number of hydrogen-bond donors (Lipinski definition) is 1. The van der Waals surface area contributed by atoms with Crippen LogP contribution in [-0.2, 0) is 6.42 Å². The molecule has 3 nitrogen and oxygen atoms in total. The highest BCUT2D eigenvalue weighted by Gasteiger charge is 2.21. The first kappa shape index (κ1) is 15.0. The molecule has 1 aromatic carbocycles. The quantitative estimate of drug-likeness (QED) is 0.880. The SMILES string of the molecule is CCNC(c1nc(CC)c(C)s1)c1ccccc1OC. The van der Waals surface area contributed by atoms with Gasteiger partial charge in [-0.3, -0.25) is 0 Å². The van der Waals surface area contributed by atoms with Crippen LogP contribution in [-0.4, -0.2) is 18.6 Å². The molecule has 1 heterocycles. The van der Waals surface area contributed by atoms with Crippen molar-refractivity contribution >= 4 is 11.3 Å². The third kappa shape index (κ3) is 3.02. The lowest BCUT2D eigenvalue weighted by molar-refractivity contribution is 0.404. The van der Waals surface area contributed by atoms with Crippen molar-refractivity contribution in [1.82, 2.24) is 10.3 Å². The normalized spacial score (nSPS) is 12.4. The van der Waals surface area contributed by atoms with Crippen LogP contribution in [0.2, 0.25) is 0 Å². The van der Waals surface area contributed by atoms with Gasteiger partial charge in [0.05, 0.1) is 18.8 Å². The van der Waals surface area contributed by atoms with E-state index in [1.165, 1.54) is 10.6 Å². The Morgan fingerprint density at radius 3 is 2.65 bits per heavy atom. The molecule has 1 N–H and O–H groups in total.